The van der Waals surface area contributed by atoms with Gasteiger partial charge in [0.05, 0.1) is 17.3 Å². The molecule has 0 fully saturated rings. The first-order valence-electron chi connectivity index (χ1n) is 20.6. The van der Waals surface area contributed by atoms with Crippen LogP contribution in [0, 0.1) is 5.41 Å². The van der Waals surface area contributed by atoms with Gasteiger partial charge in [-0.1, -0.05) is 147 Å². The van der Waals surface area contributed by atoms with Gasteiger partial charge in [0.1, 0.15) is 5.84 Å². The van der Waals surface area contributed by atoms with Crippen LogP contribution in [0.3, 0.4) is 0 Å². The Morgan fingerprint density at radius 3 is 2.47 bits per heavy atom. The standard InChI is InChI=1S/C53H48N4/c1-53(40-18-6-3-7-19-40)32-30-37(31-33-53)28-29-47(55-52(54)38-16-4-2-5-17-38)39-34-41(56-48-24-12-8-20-43(48)44-21-9-13-25-49(44)56)36-42(35-39)57-50-26-14-10-22-45(50)46-23-11-15-27-51(46)57/h2,4-6,8-10,12-22,24-27,29-32,34-36,43,48H,3,7,11,23,28,33H2,1H3,(H2,54,55)/b47-29-. The summed E-state index contributed by atoms with van der Waals surface area (Å²) < 4.78 is 2.47. The number of para-hydroxylation sites is 2. The lowest BCUT2D eigenvalue weighted by Crippen LogP contribution is -2.28. The molecule has 4 aromatic carbocycles. The molecule has 0 bridgehead atoms. The van der Waals surface area contributed by atoms with E-state index in [4.69, 9.17) is 10.7 Å². The van der Waals surface area contributed by atoms with Crippen LogP contribution < -0.4 is 10.6 Å². The molecule has 2 N–H and O–H groups in total. The van der Waals surface area contributed by atoms with Crippen molar-refractivity contribution in [3.05, 3.63) is 209 Å². The number of rotatable bonds is 8. The van der Waals surface area contributed by atoms with Crippen molar-refractivity contribution in [3.8, 4) is 5.69 Å². The number of benzene rings is 4. The molecular weight excluding hydrogens is 693 g/mol. The average Bonchev–Trinajstić information content (AvgIpc) is 3.79. The SMILES string of the molecule is CC1(C2=CCCC=C2)C=CC(C/C=C(\N=C(N)c2ccccc2)c2cc(N3c4ccccc4C4C=CC=CC43)cc(-n3c4c(c5ccccc53)CCC=C4)c2)=CC1. The van der Waals surface area contributed by atoms with Crippen molar-refractivity contribution in [1.29, 1.82) is 0 Å². The molecule has 0 radical (unpaired) electrons. The van der Waals surface area contributed by atoms with Crippen molar-refractivity contribution in [2.24, 2.45) is 16.1 Å². The lowest BCUT2D eigenvalue weighted by atomic mass is 9.74. The molecule has 0 saturated heterocycles. The first-order chi connectivity index (χ1) is 28.0. The lowest BCUT2D eigenvalue weighted by Gasteiger charge is -2.31. The van der Waals surface area contributed by atoms with E-state index in [2.05, 4.69) is 162 Å². The van der Waals surface area contributed by atoms with Gasteiger partial charge in [-0.15, -0.1) is 0 Å². The van der Waals surface area contributed by atoms with Crippen molar-refractivity contribution >= 4 is 39.9 Å². The molecule has 0 saturated carbocycles. The van der Waals surface area contributed by atoms with Gasteiger partial charge >= 0.3 is 0 Å². The average molecular weight is 741 g/mol. The van der Waals surface area contributed by atoms with Gasteiger partial charge in [-0.05, 0) is 97.2 Å². The molecule has 2 heterocycles. The molecule has 0 spiro atoms. The van der Waals surface area contributed by atoms with Crippen molar-refractivity contribution in [1.82, 2.24) is 4.57 Å². The van der Waals surface area contributed by atoms with Gasteiger partial charge in [0.15, 0.2) is 0 Å². The Kier molecular flexibility index (Phi) is 8.98. The molecule has 5 aliphatic rings. The summed E-state index contributed by atoms with van der Waals surface area (Å²) in [6, 6.07) is 35.1. The van der Waals surface area contributed by atoms with Crippen molar-refractivity contribution < 1.29 is 0 Å². The molecule has 1 aliphatic heterocycles. The lowest BCUT2D eigenvalue weighted by molar-refractivity contribution is 0.522. The summed E-state index contributed by atoms with van der Waals surface area (Å²) in [5, 5.41) is 1.32. The highest BCUT2D eigenvalue weighted by Gasteiger charge is 2.37. The van der Waals surface area contributed by atoms with Crippen LogP contribution in [0.5, 0.6) is 0 Å². The number of aromatic nitrogens is 1. The second kappa shape index (κ2) is 14.6. The number of amidine groups is 1. The summed E-state index contributed by atoms with van der Waals surface area (Å²) in [5.74, 6) is 0.781. The van der Waals surface area contributed by atoms with Crippen LogP contribution in [0.2, 0.25) is 0 Å². The summed E-state index contributed by atoms with van der Waals surface area (Å²) in [7, 11) is 0. The minimum Gasteiger partial charge on any atom is -0.383 e. The fraction of sp³-hybridized carbons (Fsp3) is 0.189. The quantitative estimate of drug-likeness (QED) is 0.127. The van der Waals surface area contributed by atoms with E-state index in [9.17, 15) is 0 Å². The molecule has 10 rings (SSSR count). The van der Waals surface area contributed by atoms with Crippen LogP contribution in [-0.2, 0) is 6.42 Å². The van der Waals surface area contributed by atoms with Gasteiger partial charge in [0.25, 0.3) is 0 Å². The normalized spacial score (nSPS) is 22.4. The van der Waals surface area contributed by atoms with Crippen molar-refractivity contribution in [2.45, 2.75) is 57.4 Å². The van der Waals surface area contributed by atoms with Crippen LogP contribution in [0.25, 0.3) is 28.4 Å². The van der Waals surface area contributed by atoms with E-state index in [0.717, 1.165) is 66.7 Å². The third-order valence-corrected chi connectivity index (χ3v) is 12.5. The first-order valence-corrected chi connectivity index (χ1v) is 20.6. The molecule has 5 aromatic rings. The van der Waals surface area contributed by atoms with Gasteiger partial charge in [0.2, 0.25) is 0 Å². The monoisotopic (exact) mass is 740 g/mol. The van der Waals surface area contributed by atoms with Gasteiger partial charge in [-0.25, -0.2) is 4.99 Å². The fourth-order valence-corrected chi connectivity index (χ4v) is 9.49. The number of hydrogen-bond donors (Lipinski definition) is 1. The van der Waals surface area contributed by atoms with E-state index >= 15 is 0 Å². The first kappa shape index (κ1) is 35.1. The number of hydrogen-bond acceptors (Lipinski definition) is 2. The molecule has 1 aromatic heterocycles. The second-order valence-corrected chi connectivity index (χ2v) is 16.1. The van der Waals surface area contributed by atoms with Crippen molar-refractivity contribution in [3.63, 3.8) is 0 Å². The van der Waals surface area contributed by atoms with E-state index in [1.807, 2.05) is 30.3 Å². The third kappa shape index (κ3) is 6.39. The summed E-state index contributed by atoms with van der Waals surface area (Å²) in [4.78, 5) is 7.82. The Labute approximate surface area is 336 Å². The van der Waals surface area contributed by atoms with E-state index < -0.39 is 0 Å². The maximum Gasteiger partial charge on any atom is 0.131 e. The minimum absolute atomic E-state index is 0.0197. The summed E-state index contributed by atoms with van der Waals surface area (Å²) in [6.45, 7) is 2.36. The number of aryl methyl sites for hydroxylation is 1. The van der Waals surface area contributed by atoms with Crippen molar-refractivity contribution in [2.75, 3.05) is 4.90 Å². The highest BCUT2D eigenvalue weighted by Crippen LogP contribution is 2.49. The summed E-state index contributed by atoms with van der Waals surface area (Å²) >= 11 is 0. The van der Waals surface area contributed by atoms with Gasteiger partial charge in [-0.3, -0.25) is 0 Å². The zero-order chi connectivity index (χ0) is 38.3. The predicted molar refractivity (Wildman–Crippen MR) is 240 cm³/mol. The van der Waals surface area contributed by atoms with Crippen LogP contribution in [0.1, 0.15) is 72.9 Å². The van der Waals surface area contributed by atoms with Crippen LogP contribution in [0.4, 0.5) is 11.4 Å². The number of anilines is 2. The summed E-state index contributed by atoms with van der Waals surface area (Å²) in [5.41, 5.74) is 21.2. The van der Waals surface area contributed by atoms with Crippen LogP contribution in [-0.4, -0.2) is 16.4 Å². The Morgan fingerprint density at radius 1 is 0.807 bits per heavy atom. The smallest absolute Gasteiger partial charge is 0.131 e. The minimum atomic E-state index is 0.0197. The zero-order valence-electron chi connectivity index (χ0n) is 32.6. The number of nitrogens with zero attached hydrogens (tertiary/aromatic N) is 3. The van der Waals surface area contributed by atoms with Crippen LogP contribution in [0.15, 0.2) is 186 Å². The summed E-state index contributed by atoms with van der Waals surface area (Å²) in [6.07, 6.45) is 36.2. The fourth-order valence-electron chi connectivity index (χ4n) is 9.49. The number of fused-ring (bicyclic) bond motifs is 6. The number of nitrogens with two attached hydrogens (primary N) is 1. The van der Waals surface area contributed by atoms with E-state index in [-0.39, 0.29) is 17.4 Å². The van der Waals surface area contributed by atoms with Gasteiger partial charge in [-0.2, -0.15) is 0 Å². The Morgan fingerprint density at radius 2 is 1.61 bits per heavy atom. The molecule has 4 aliphatic carbocycles. The molecule has 280 valence electrons. The predicted octanol–water partition coefficient (Wildman–Crippen LogP) is 12.6. The topological polar surface area (TPSA) is 46.5 Å². The van der Waals surface area contributed by atoms with E-state index in [1.54, 1.807) is 0 Å². The van der Waals surface area contributed by atoms with Gasteiger partial charge < -0.3 is 15.2 Å². The third-order valence-electron chi connectivity index (χ3n) is 12.5. The highest BCUT2D eigenvalue weighted by atomic mass is 15.2. The Hall–Kier alpha value is -6.39. The molecule has 57 heavy (non-hydrogen) atoms. The molecular formula is C53H48N4. The molecule has 3 atom stereocenters. The molecule has 4 heteroatoms. The Bertz CT molecular complexity index is 2670. The van der Waals surface area contributed by atoms with E-state index in [0.29, 0.717) is 5.84 Å². The number of allylic oxidation sites excluding steroid dienone is 12. The maximum absolute atomic E-state index is 6.90. The van der Waals surface area contributed by atoms with E-state index in [1.165, 1.54) is 44.6 Å². The maximum atomic E-state index is 6.90. The van der Waals surface area contributed by atoms with Gasteiger partial charge in [0, 0.05) is 50.6 Å². The van der Waals surface area contributed by atoms with Crippen LogP contribution >= 0.6 is 0 Å². The molecule has 4 nitrogen and oxygen atoms in total. The largest absolute Gasteiger partial charge is 0.383 e. The molecule has 0 amide bonds. The zero-order valence-corrected chi connectivity index (χ0v) is 32.6. The highest BCUT2D eigenvalue weighted by molar-refractivity contribution is 6.01. The number of aliphatic imine (C=N–C) groups is 1. The second-order valence-electron chi connectivity index (χ2n) is 16.1. The molecule has 3 unspecified atom stereocenters. The Balaban J connectivity index is 1.15.